The molecule has 0 saturated carbocycles. The molecule has 0 saturated heterocycles. The topological polar surface area (TPSA) is 35.2 Å². The third kappa shape index (κ3) is 2.38. The Morgan fingerprint density at radius 3 is 2.94 bits per heavy atom. The van der Waals surface area contributed by atoms with Gasteiger partial charge in [-0.1, -0.05) is 6.07 Å². The van der Waals surface area contributed by atoms with Gasteiger partial charge in [-0.05, 0) is 68.8 Å². The Morgan fingerprint density at radius 1 is 1.44 bits per heavy atom. The number of rotatable bonds is 3. The average molecular weight is 219 g/mol. The van der Waals surface area contributed by atoms with Gasteiger partial charge in [0.25, 0.3) is 0 Å². The maximum atomic E-state index is 5.81. The molecular weight excluding hydrogens is 198 g/mol. The van der Waals surface area contributed by atoms with E-state index >= 15 is 0 Å². The maximum absolute atomic E-state index is 5.81. The molecule has 1 unspecified atom stereocenters. The fourth-order valence-corrected chi connectivity index (χ4v) is 2.48. The first-order chi connectivity index (χ1) is 7.70. The summed E-state index contributed by atoms with van der Waals surface area (Å²) < 4.78 is 5.72. The Kier molecular flexibility index (Phi) is 3.49. The molecule has 1 aliphatic carbocycles. The lowest BCUT2D eigenvalue weighted by atomic mass is 9.83. The molecular formula is C14H21NO. The van der Waals surface area contributed by atoms with Crippen LogP contribution in [0.5, 0.6) is 5.75 Å². The van der Waals surface area contributed by atoms with E-state index in [1.54, 1.807) is 0 Å². The smallest absolute Gasteiger partial charge is 0.119 e. The SMILES string of the molecule is CC(C)Oc1ccc2c(c1)CCCC2CN. The second kappa shape index (κ2) is 4.88. The highest BCUT2D eigenvalue weighted by molar-refractivity contribution is 5.39. The third-order valence-electron chi connectivity index (χ3n) is 3.21. The molecule has 16 heavy (non-hydrogen) atoms. The van der Waals surface area contributed by atoms with E-state index in [2.05, 4.69) is 32.0 Å². The Hall–Kier alpha value is -1.02. The van der Waals surface area contributed by atoms with Crippen LogP contribution in [-0.4, -0.2) is 12.6 Å². The van der Waals surface area contributed by atoms with Crippen LogP contribution < -0.4 is 10.5 Å². The van der Waals surface area contributed by atoms with Crippen molar-refractivity contribution >= 4 is 0 Å². The molecule has 1 aromatic carbocycles. The van der Waals surface area contributed by atoms with Gasteiger partial charge < -0.3 is 10.5 Å². The first-order valence-electron chi connectivity index (χ1n) is 6.20. The number of benzene rings is 1. The van der Waals surface area contributed by atoms with E-state index in [9.17, 15) is 0 Å². The van der Waals surface area contributed by atoms with Crippen molar-refractivity contribution in [3.8, 4) is 5.75 Å². The predicted octanol–water partition coefficient (Wildman–Crippen LogP) is 2.85. The summed E-state index contributed by atoms with van der Waals surface area (Å²) in [6.45, 7) is 4.88. The van der Waals surface area contributed by atoms with Crippen LogP contribution in [-0.2, 0) is 6.42 Å². The molecule has 0 amide bonds. The predicted molar refractivity (Wildman–Crippen MR) is 66.9 cm³/mol. The van der Waals surface area contributed by atoms with Gasteiger partial charge in [0.15, 0.2) is 0 Å². The van der Waals surface area contributed by atoms with Crippen molar-refractivity contribution in [3.05, 3.63) is 29.3 Å². The molecule has 1 aliphatic rings. The molecule has 2 rings (SSSR count). The van der Waals surface area contributed by atoms with Gasteiger partial charge in [0, 0.05) is 0 Å². The maximum Gasteiger partial charge on any atom is 0.119 e. The van der Waals surface area contributed by atoms with E-state index in [-0.39, 0.29) is 6.10 Å². The molecule has 88 valence electrons. The van der Waals surface area contributed by atoms with Gasteiger partial charge in [0.2, 0.25) is 0 Å². The Bertz CT molecular complexity index is 360. The van der Waals surface area contributed by atoms with Gasteiger partial charge in [-0.2, -0.15) is 0 Å². The second-order valence-electron chi connectivity index (χ2n) is 4.85. The van der Waals surface area contributed by atoms with Crippen molar-refractivity contribution in [1.29, 1.82) is 0 Å². The Morgan fingerprint density at radius 2 is 2.25 bits per heavy atom. The molecule has 2 heteroatoms. The van der Waals surface area contributed by atoms with E-state index < -0.39 is 0 Å². The monoisotopic (exact) mass is 219 g/mol. The summed E-state index contributed by atoms with van der Waals surface area (Å²) in [7, 11) is 0. The van der Waals surface area contributed by atoms with Crippen LogP contribution in [0, 0.1) is 0 Å². The minimum absolute atomic E-state index is 0.243. The lowest BCUT2D eigenvalue weighted by molar-refractivity contribution is 0.242. The zero-order valence-corrected chi connectivity index (χ0v) is 10.2. The normalized spacial score (nSPS) is 19.6. The molecule has 2 nitrogen and oxygen atoms in total. The van der Waals surface area contributed by atoms with Crippen molar-refractivity contribution in [3.63, 3.8) is 0 Å². The minimum Gasteiger partial charge on any atom is -0.491 e. The number of hydrogen-bond acceptors (Lipinski definition) is 2. The highest BCUT2D eigenvalue weighted by atomic mass is 16.5. The van der Waals surface area contributed by atoms with Crippen LogP contribution in [0.25, 0.3) is 0 Å². The minimum atomic E-state index is 0.243. The Labute approximate surface area is 97.8 Å². The molecule has 0 spiro atoms. The number of nitrogens with two attached hydrogens (primary N) is 1. The van der Waals surface area contributed by atoms with Crippen LogP contribution in [0.2, 0.25) is 0 Å². The first-order valence-corrected chi connectivity index (χ1v) is 6.20. The van der Waals surface area contributed by atoms with Crippen LogP contribution >= 0.6 is 0 Å². The van der Waals surface area contributed by atoms with Crippen molar-refractivity contribution in [1.82, 2.24) is 0 Å². The number of fused-ring (bicyclic) bond motifs is 1. The lowest BCUT2D eigenvalue weighted by Crippen LogP contribution is -2.18. The van der Waals surface area contributed by atoms with Crippen LogP contribution in [0.15, 0.2) is 18.2 Å². The van der Waals surface area contributed by atoms with E-state index in [1.807, 2.05) is 0 Å². The van der Waals surface area contributed by atoms with Gasteiger partial charge in [-0.25, -0.2) is 0 Å². The van der Waals surface area contributed by atoms with Crippen molar-refractivity contribution in [2.45, 2.75) is 45.1 Å². The van der Waals surface area contributed by atoms with E-state index in [0.717, 1.165) is 12.3 Å². The lowest BCUT2D eigenvalue weighted by Gasteiger charge is -2.25. The zero-order chi connectivity index (χ0) is 11.5. The van der Waals surface area contributed by atoms with Crippen LogP contribution in [0.4, 0.5) is 0 Å². The van der Waals surface area contributed by atoms with E-state index in [0.29, 0.717) is 5.92 Å². The molecule has 0 bridgehead atoms. The summed E-state index contributed by atoms with van der Waals surface area (Å²) in [5, 5.41) is 0. The van der Waals surface area contributed by atoms with E-state index in [1.165, 1.54) is 30.4 Å². The molecule has 2 N–H and O–H groups in total. The van der Waals surface area contributed by atoms with Crippen molar-refractivity contribution < 1.29 is 4.74 Å². The molecule has 0 aromatic heterocycles. The van der Waals surface area contributed by atoms with Crippen molar-refractivity contribution in [2.24, 2.45) is 5.73 Å². The number of hydrogen-bond donors (Lipinski definition) is 1. The fourth-order valence-electron chi connectivity index (χ4n) is 2.48. The van der Waals surface area contributed by atoms with Gasteiger partial charge in [0.1, 0.15) is 5.75 Å². The summed E-state index contributed by atoms with van der Waals surface area (Å²) in [6.07, 6.45) is 3.89. The number of aryl methyl sites for hydroxylation is 1. The molecule has 0 heterocycles. The summed E-state index contributed by atoms with van der Waals surface area (Å²) in [6, 6.07) is 6.47. The second-order valence-corrected chi connectivity index (χ2v) is 4.85. The Balaban J connectivity index is 2.24. The van der Waals surface area contributed by atoms with Crippen LogP contribution in [0.3, 0.4) is 0 Å². The van der Waals surface area contributed by atoms with Gasteiger partial charge >= 0.3 is 0 Å². The summed E-state index contributed by atoms with van der Waals surface area (Å²) in [5.74, 6) is 1.54. The summed E-state index contributed by atoms with van der Waals surface area (Å²) in [4.78, 5) is 0. The molecule has 0 fully saturated rings. The summed E-state index contributed by atoms with van der Waals surface area (Å²) in [5.41, 5.74) is 8.67. The number of ether oxygens (including phenoxy) is 1. The third-order valence-corrected chi connectivity index (χ3v) is 3.21. The first kappa shape index (κ1) is 11.5. The zero-order valence-electron chi connectivity index (χ0n) is 10.2. The van der Waals surface area contributed by atoms with Gasteiger partial charge in [-0.3, -0.25) is 0 Å². The van der Waals surface area contributed by atoms with Gasteiger partial charge in [0.05, 0.1) is 6.10 Å². The average Bonchev–Trinajstić information content (AvgIpc) is 2.27. The molecule has 0 radical (unpaired) electrons. The summed E-state index contributed by atoms with van der Waals surface area (Å²) >= 11 is 0. The molecule has 0 aliphatic heterocycles. The molecule has 1 atom stereocenters. The molecule has 1 aromatic rings. The van der Waals surface area contributed by atoms with E-state index in [4.69, 9.17) is 10.5 Å². The fraction of sp³-hybridized carbons (Fsp3) is 0.571. The highest BCUT2D eigenvalue weighted by Gasteiger charge is 2.19. The quantitative estimate of drug-likeness (QED) is 0.848. The largest absolute Gasteiger partial charge is 0.491 e. The highest BCUT2D eigenvalue weighted by Crippen LogP contribution is 2.33. The standard InChI is InChI=1S/C14H21NO/c1-10(2)16-13-6-7-14-11(8-13)4-3-5-12(14)9-15/h6-8,10,12H,3-5,9,15H2,1-2H3. The van der Waals surface area contributed by atoms with Gasteiger partial charge in [-0.15, -0.1) is 0 Å². The van der Waals surface area contributed by atoms with Crippen molar-refractivity contribution in [2.75, 3.05) is 6.54 Å². The van der Waals surface area contributed by atoms with Crippen LogP contribution in [0.1, 0.15) is 43.7 Å².